The van der Waals surface area contributed by atoms with Crippen LogP contribution in [0.4, 0.5) is 0 Å². The van der Waals surface area contributed by atoms with Gasteiger partial charge < -0.3 is 9.64 Å². The minimum Gasteiger partial charge on any atom is -0.458 e. The van der Waals surface area contributed by atoms with Crippen LogP contribution in [-0.4, -0.2) is 32.7 Å². The van der Waals surface area contributed by atoms with Crippen LogP contribution in [0.1, 0.15) is 36.0 Å². The number of carbonyl (C=O) groups excluding carboxylic acids is 1. The van der Waals surface area contributed by atoms with E-state index in [1.54, 1.807) is 18.2 Å². The van der Waals surface area contributed by atoms with Crippen LogP contribution in [0.2, 0.25) is 10.0 Å². The fourth-order valence-corrected chi connectivity index (χ4v) is 3.43. The molecule has 0 bridgehead atoms. The van der Waals surface area contributed by atoms with Crippen molar-refractivity contribution in [3.8, 4) is 0 Å². The standard InChI is InChI=1S/C16H21Cl2NO2/c1-19(2)10-11-5-3-4-6-15(11)21-16(20)13-8-7-12(17)9-14(13)18/h7-9,11,15H,3-6,10H2,1-2H3/p+1/t11-,15-/m1/s1. The molecule has 0 unspecified atom stereocenters. The van der Waals surface area contributed by atoms with Gasteiger partial charge in [0.15, 0.2) is 0 Å². The molecule has 0 aliphatic heterocycles. The SMILES string of the molecule is C[NH+](C)C[C@H]1CCCC[C@H]1OC(=O)c1ccc(Cl)cc1Cl. The average molecular weight is 331 g/mol. The van der Waals surface area contributed by atoms with Crippen molar-refractivity contribution < 1.29 is 14.4 Å². The van der Waals surface area contributed by atoms with Gasteiger partial charge >= 0.3 is 5.97 Å². The molecule has 0 saturated heterocycles. The molecule has 1 N–H and O–H groups in total. The highest BCUT2D eigenvalue weighted by atomic mass is 35.5. The lowest BCUT2D eigenvalue weighted by atomic mass is 9.86. The van der Waals surface area contributed by atoms with E-state index < -0.39 is 0 Å². The summed E-state index contributed by atoms with van der Waals surface area (Å²) >= 11 is 11.9. The molecule has 1 fully saturated rings. The van der Waals surface area contributed by atoms with Crippen molar-refractivity contribution in [1.29, 1.82) is 0 Å². The zero-order valence-electron chi connectivity index (χ0n) is 12.5. The first-order valence-corrected chi connectivity index (χ1v) is 8.18. The summed E-state index contributed by atoms with van der Waals surface area (Å²) in [6.07, 6.45) is 4.39. The average Bonchev–Trinajstić information content (AvgIpc) is 2.40. The zero-order valence-corrected chi connectivity index (χ0v) is 14.0. The van der Waals surface area contributed by atoms with E-state index >= 15 is 0 Å². The van der Waals surface area contributed by atoms with Crippen molar-refractivity contribution in [3.63, 3.8) is 0 Å². The Balaban J connectivity index is 2.06. The lowest BCUT2D eigenvalue weighted by molar-refractivity contribution is -0.862. The Hall–Kier alpha value is -0.770. The zero-order chi connectivity index (χ0) is 15.4. The van der Waals surface area contributed by atoms with E-state index in [1.165, 1.54) is 11.3 Å². The minimum atomic E-state index is -0.345. The fraction of sp³-hybridized carbons (Fsp3) is 0.562. The summed E-state index contributed by atoms with van der Waals surface area (Å²) in [5, 5.41) is 0.862. The van der Waals surface area contributed by atoms with E-state index in [-0.39, 0.29) is 12.1 Å². The number of halogens is 2. The van der Waals surface area contributed by atoms with Crippen LogP contribution >= 0.6 is 23.2 Å². The number of hydrogen-bond donors (Lipinski definition) is 1. The van der Waals surface area contributed by atoms with Crippen molar-refractivity contribution in [2.45, 2.75) is 31.8 Å². The number of esters is 1. The van der Waals surface area contributed by atoms with Crippen LogP contribution in [-0.2, 0) is 4.74 Å². The number of nitrogens with one attached hydrogen (secondary N) is 1. The number of hydrogen-bond acceptors (Lipinski definition) is 2. The fourth-order valence-electron chi connectivity index (χ4n) is 2.94. The largest absolute Gasteiger partial charge is 0.458 e. The Labute approximate surface area is 136 Å². The van der Waals surface area contributed by atoms with Crippen LogP contribution < -0.4 is 4.90 Å². The molecule has 3 nitrogen and oxygen atoms in total. The van der Waals surface area contributed by atoms with Crippen molar-refractivity contribution in [3.05, 3.63) is 33.8 Å². The highest BCUT2D eigenvalue weighted by molar-refractivity contribution is 6.36. The quantitative estimate of drug-likeness (QED) is 0.860. The summed E-state index contributed by atoms with van der Waals surface area (Å²) in [6, 6.07) is 4.86. The predicted octanol–water partition coefficient (Wildman–Crippen LogP) is 2.85. The van der Waals surface area contributed by atoms with Gasteiger partial charge in [0.05, 0.1) is 31.2 Å². The molecule has 0 heterocycles. The Bertz CT molecular complexity index is 505. The van der Waals surface area contributed by atoms with Crippen molar-refractivity contribution in [2.24, 2.45) is 5.92 Å². The summed E-state index contributed by atoms with van der Waals surface area (Å²) in [6.45, 7) is 1.02. The van der Waals surface area contributed by atoms with E-state index in [1.807, 2.05) is 0 Å². The van der Waals surface area contributed by atoms with Crippen molar-refractivity contribution in [2.75, 3.05) is 20.6 Å². The molecule has 1 aromatic rings. The number of ether oxygens (including phenoxy) is 1. The van der Waals surface area contributed by atoms with Gasteiger partial charge in [-0.05, 0) is 37.5 Å². The van der Waals surface area contributed by atoms with Gasteiger partial charge in [0.2, 0.25) is 0 Å². The molecule has 21 heavy (non-hydrogen) atoms. The Kier molecular flexibility index (Phi) is 5.91. The molecule has 1 aliphatic carbocycles. The third-order valence-corrected chi connectivity index (χ3v) is 4.47. The number of rotatable bonds is 4. The molecule has 2 atom stereocenters. The first kappa shape index (κ1) is 16.6. The third kappa shape index (κ3) is 4.60. The second kappa shape index (κ2) is 7.48. The Morgan fingerprint density at radius 3 is 2.67 bits per heavy atom. The first-order valence-electron chi connectivity index (χ1n) is 7.42. The van der Waals surface area contributed by atoms with Gasteiger partial charge in [0.1, 0.15) is 6.10 Å². The van der Waals surface area contributed by atoms with Crippen LogP contribution in [0.25, 0.3) is 0 Å². The summed E-state index contributed by atoms with van der Waals surface area (Å²) in [5.41, 5.74) is 0.391. The molecule has 0 radical (unpaired) electrons. The van der Waals surface area contributed by atoms with Crippen LogP contribution in [0, 0.1) is 5.92 Å². The van der Waals surface area contributed by atoms with Crippen molar-refractivity contribution in [1.82, 2.24) is 0 Å². The molecule has 1 aromatic carbocycles. The Morgan fingerprint density at radius 2 is 2.00 bits per heavy atom. The second-order valence-corrected chi connectivity index (χ2v) is 6.87. The van der Waals surface area contributed by atoms with Crippen molar-refractivity contribution >= 4 is 29.2 Å². The summed E-state index contributed by atoms with van der Waals surface area (Å²) < 4.78 is 5.73. The topological polar surface area (TPSA) is 30.7 Å². The number of carbonyl (C=O) groups is 1. The van der Waals surface area contributed by atoms with E-state index in [4.69, 9.17) is 27.9 Å². The smallest absolute Gasteiger partial charge is 0.339 e. The lowest BCUT2D eigenvalue weighted by Gasteiger charge is -2.31. The van der Waals surface area contributed by atoms with Gasteiger partial charge in [-0.15, -0.1) is 0 Å². The van der Waals surface area contributed by atoms with E-state index in [0.29, 0.717) is 21.5 Å². The molecule has 2 rings (SSSR count). The summed E-state index contributed by atoms with van der Waals surface area (Å²) in [7, 11) is 4.26. The summed E-state index contributed by atoms with van der Waals surface area (Å²) in [5.74, 6) is 0.0844. The molecule has 116 valence electrons. The van der Waals surface area contributed by atoms with E-state index in [9.17, 15) is 4.79 Å². The number of benzene rings is 1. The highest BCUT2D eigenvalue weighted by Gasteiger charge is 2.31. The van der Waals surface area contributed by atoms with Crippen LogP contribution in [0.5, 0.6) is 0 Å². The normalized spacial score (nSPS) is 22.3. The maximum absolute atomic E-state index is 12.3. The molecule has 5 heteroatoms. The van der Waals surface area contributed by atoms with Gasteiger partial charge in [-0.25, -0.2) is 4.79 Å². The number of quaternary nitrogens is 1. The highest BCUT2D eigenvalue weighted by Crippen LogP contribution is 2.28. The summed E-state index contributed by atoms with van der Waals surface area (Å²) in [4.78, 5) is 13.7. The van der Waals surface area contributed by atoms with Gasteiger partial charge in [0, 0.05) is 10.9 Å². The molecular formula is C16H22Cl2NO2+. The van der Waals surface area contributed by atoms with Gasteiger partial charge in [-0.2, -0.15) is 0 Å². The van der Waals surface area contributed by atoms with Gasteiger partial charge in [0.25, 0.3) is 0 Å². The maximum Gasteiger partial charge on any atom is 0.339 e. The van der Waals surface area contributed by atoms with Gasteiger partial charge in [-0.3, -0.25) is 0 Å². The maximum atomic E-state index is 12.3. The first-order chi connectivity index (χ1) is 9.97. The molecule has 1 saturated carbocycles. The van der Waals surface area contributed by atoms with Gasteiger partial charge in [-0.1, -0.05) is 29.6 Å². The molecule has 0 aromatic heterocycles. The minimum absolute atomic E-state index is 0.00658. The molecule has 0 spiro atoms. The second-order valence-electron chi connectivity index (χ2n) is 6.02. The molecular weight excluding hydrogens is 309 g/mol. The third-order valence-electron chi connectivity index (χ3n) is 3.92. The molecule has 0 amide bonds. The van der Waals surface area contributed by atoms with Crippen LogP contribution in [0.3, 0.4) is 0 Å². The van der Waals surface area contributed by atoms with E-state index in [0.717, 1.165) is 25.8 Å². The lowest BCUT2D eigenvalue weighted by Crippen LogP contribution is -3.06. The predicted molar refractivity (Wildman–Crippen MR) is 85.3 cm³/mol. The van der Waals surface area contributed by atoms with Crippen LogP contribution in [0.15, 0.2) is 18.2 Å². The van der Waals surface area contributed by atoms with E-state index in [2.05, 4.69) is 14.1 Å². The Morgan fingerprint density at radius 1 is 1.29 bits per heavy atom. The molecule has 1 aliphatic rings. The monoisotopic (exact) mass is 330 g/mol.